The van der Waals surface area contributed by atoms with Crippen LogP contribution in [0.4, 0.5) is 0 Å². The Labute approximate surface area is 100 Å². The lowest BCUT2D eigenvalue weighted by Gasteiger charge is -2.48. The molecule has 1 aliphatic carbocycles. The second-order valence-electron chi connectivity index (χ2n) is 4.56. The molecule has 2 atom stereocenters. The Hall–Kier alpha value is -0.400. The smallest absolute Gasteiger partial charge is 0.138 e. The van der Waals surface area contributed by atoms with Crippen LogP contribution < -0.4 is 4.74 Å². The number of para-hydroxylation sites is 1. The van der Waals surface area contributed by atoms with Crippen LogP contribution in [0, 0.1) is 5.41 Å². The van der Waals surface area contributed by atoms with Gasteiger partial charge in [-0.05, 0) is 12.1 Å². The molecule has 1 aromatic rings. The maximum absolute atomic E-state index is 6.13. The molecular formula is C12H14Cl2O. The van der Waals surface area contributed by atoms with E-state index in [2.05, 4.69) is 13.8 Å². The second kappa shape index (κ2) is 3.88. The third-order valence-electron chi connectivity index (χ3n) is 3.16. The summed E-state index contributed by atoms with van der Waals surface area (Å²) < 4.78 is 5.85. The zero-order valence-corrected chi connectivity index (χ0v) is 10.3. The minimum Gasteiger partial charge on any atom is -0.488 e. The van der Waals surface area contributed by atoms with Gasteiger partial charge in [-0.2, -0.15) is 0 Å². The summed E-state index contributed by atoms with van der Waals surface area (Å²) in [6, 6.07) is 7.54. The normalized spacial score (nSPS) is 28.3. The molecule has 1 saturated carbocycles. The van der Waals surface area contributed by atoms with Gasteiger partial charge in [0.25, 0.3) is 0 Å². The molecule has 0 radical (unpaired) electrons. The minimum absolute atomic E-state index is 0.0285. The summed E-state index contributed by atoms with van der Waals surface area (Å²) in [5, 5.41) is 0.858. The van der Waals surface area contributed by atoms with Crippen molar-refractivity contribution in [3.63, 3.8) is 0 Å². The van der Waals surface area contributed by atoms with E-state index in [9.17, 15) is 0 Å². The SMILES string of the molecule is CC1(C)C(Cl)CC1Oc1ccccc1Cl. The minimum atomic E-state index is 0.0285. The molecule has 3 heteroatoms. The Morgan fingerprint density at radius 1 is 1.33 bits per heavy atom. The average molecular weight is 245 g/mol. The summed E-state index contributed by atoms with van der Waals surface area (Å²) in [5.41, 5.74) is 0.0285. The van der Waals surface area contributed by atoms with Crippen molar-refractivity contribution in [2.45, 2.75) is 31.7 Å². The van der Waals surface area contributed by atoms with Gasteiger partial charge in [0.1, 0.15) is 11.9 Å². The van der Waals surface area contributed by atoms with Crippen molar-refractivity contribution in [3.05, 3.63) is 29.3 Å². The number of hydrogen-bond acceptors (Lipinski definition) is 1. The predicted molar refractivity (Wildman–Crippen MR) is 63.9 cm³/mol. The van der Waals surface area contributed by atoms with Crippen LogP contribution in [0.1, 0.15) is 20.3 Å². The van der Waals surface area contributed by atoms with Crippen LogP contribution in [-0.4, -0.2) is 11.5 Å². The summed E-state index contributed by atoms with van der Waals surface area (Å²) in [7, 11) is 0. The van der Waals surface area contributed by atoms with Crippen LogP contribution in [-0.2, 0) is 0 Å². The highest BCUT2D eigenvalue weighted by atomic mass is 35.5. The van der Waals surface area contributed by atoms with E-state index in [1.807, 2.05) is 24.3 Å². The standard InChI is InChI=1S/C12H14Cl2O/c1-12(2)10(14)7-11(12)15-9-6-4-3-5-8(9)13/h3-6,10-11H,7H2,1-2H3. The Bertz CT molecular complexity index is 362. The van der Waals surface area contributed by atoms with E-state index in [4.69, 9.17) is 27.9 Å². The van der Waals surface area contributed by atoms with Crippen LogP contribution in [0.5, 0.6) is 5.75 Å². The zero-order valence-electron chi connectivity index (χ0n) is 8.84. The first kappa shape index (κ1) is 11.1. The van der Waals surface area contributed by atoms with Gasteiger partial charge in [0.15, 0.2) is 0 Å². The molecule has 0 bridgehead atoms. The summed E-state index contributed by atoms with van der Waals surface area (Å²) in [5.74, 6) is 0.751. The maximum atomic E-state index is 6.13. The van der Waals surface area contributed by atoms with E-state index in [1.54, 1.807) is 0 Å². The lowest BCUT2D eigenvalue weighted by Crippen LogP contribution is -2.53. The fourth-order valence-electron chi connectivity index (χ4n) is 1.73. The van der Waals surface area contributed by atoms with Crippen molar-refractivity contribution in [1.29, 1.82) is 0 Å². The Morgan fingerprint density at radius 3 is 2.53 bits per heavy atom. The van der Waals surface area contributed by atoms with Crippen molar-refractivity contribution in [1.82, 2.24) is 0 Å². The predicted octanol–water partition coefficient (Wildman–Crippen LogP) is 4.12. The van der Waals surface area contributed by atoms with Crippen molar-refractivity contribution in [2.24, 2.45) is 5.41 Å². The topological polar surface area (TPSA) is 9.23 Å². The van der Waals surface area contributed by atoms with Gasteiger partial charge in [-0.15, -0.1) is 11.6 Å². The van der Waals surface area contributed by atoms with Crippen LogP contribution in [0.2, 0.25) is 5.02 Å². The van der Waals surface area contributed by atoms with Gasteiger partial charge in [0, 0.05) is 17.2 Å². The number of halogens is 2. The maximum Gasteiger partial charge on any atom is 0.138 e. The van der Waals surface area contributed by atoms with Gasteiger partial charge >= 0.3 is 0 Å². The molecule has 1 nitrogen and oxygen atoms in total. The molecule has 0 amide bonds. The first-order valence-corrected chi connectivity index (χ1v) is 5.88. The lowest BCUT2D eigenvalue weighted by atomic mass is 9.68. The number of alkyl halides is 1. The van der Waals surface area contributed by atoms with Gasteiger partial charge in [0.2, 0.25) is 0 Å². The summed E-state index contributed by atoms with van der Waals surface area (Å²) in [6.45, 7) is 4.24. The molecule has 0 spiro atoms. The van der Waals surface area contributed by atoms with E-state index in [-0.39, 0.29) is 16.9 Å². The molecule has 82 valence electrons. The molecule has 1 fully saturated rings. The highest BCUT2D eigenvalue weighted by Crippen LogP contribution is 2.47. The summed E-state index contributed by atoms with van der Waals surface area (Å²) in [6.07, 6.45) is 1.06. The Kier molecular flexibility index (Phi) is 2.87. The Balaban J connectivity index is 2.08. The molecule has 0 N–H and O–H groups in total. The molecule has 1 aromatic carbocycles. The third kappa shape index (κ3) is 1.95. The fourth-order valence-corrected chi connectivity index (χ4v) is 2.21. The molecule has 0 saturated heterocycles. The van der Waals surface area contributed by atoms with Crippen molar-refractivity contribution < 1.29 is 4.74 Å². The molecule has 0 aliphatic heterocycles. The van der Waals surface area contributed by atoms with Crippen LogP contribution in [0.15, 0.2) is 24.3 Å². The molecule has 1 aliphatic rings. The molecule has 0 heterocycles. The average Bonchev–Trinajstić information content (AvgIpc) is 2.20. The highest BCUT2D eigenvalue weighted by Gasteiger charge is 2.49. The van der Waals surface area contributed by atoms with Crippen molar-refractivity contribution in [3.8, 4) is 5.75 Å². The number of benzene rings is 1. The molecule has 15 heavy (non-hydrogen) atoms. The monoisotopic (exact) mass is 244 g/mol. The van der Waals surface area contributed by atoms with Crippen molar-refractivity contribution in [2.75, 3.05) is 0 Å². The third-order valence-corrected chi connectivity index (χ3v) is 4.22. The lowest BCUT2D eigenvalue weighted by molar-refractivity contribution is -0.0129. The van der Waals surface area contributed by atoms with E-state index in [0.29, 0.717) is 5.02 Å². The first-order chi connectivity index (χ1) is 7.01. The van der Waals surface area contributed by atoms with Crippen LogP contribution >= 0.6 is 23.2 Å². The first-order valence-electron chi connectivity index (χ1n) is 5.07. The number of hydrogen-bond donors (Lipinski definition) is 0. The largest absolute Gasteiger partial charge is 0.488 e. The zero-order chi connectivity index (χ0) is 11.1. The van der Waals surface area contributed by atoms with Gasteiger partial charge in [0.05, 0.1) is 5.02 Å². The Morgan fingerprint density at radius 2 is 2.00 bits per heavy atom. The van der Waals surface area contributed by atoms with Gasteiger partial charge < -0.3 is 4.74 Å². The van der Waals surface area contributed by atoms with E-state index >= 15 is 0 Å². The second-order valence-corrected chi connectivity index (χ2v) is 5.50. The van der Waals surface area contributed by atoms with Crippen molar-refractivity contribution >= 4 is 23.2 Å². The summed E-state index contributed by atoms with van der Waals surface area (Å²) >= 11 is 12.1. The summed E-state index contributed by atoms with van der Waals surface area (Å²) in [4.78, 5) is 0. The van der Waals surface area contributed by atoms with Gasteiger partial charge in [-0.1, -0.05) is 37.6 Å². The molecule has 2 unspecified atom stereocenters. The molecule has 2 rings (SSSR count). The number of rotatable bonds is 2. The number of ether oxygens (including phenoxy) is 1. The quantitative estimate of drug-likeness (QED) is 0.712. The van der Waals surface area contributed by atoms with E-state index in [1.165, 1.54) is 0 Å². The van der Waals surface area contributed by atoms with Gasteiger partial charge in [-0.3, -0.25) is 0 Å². The van der Waals surface area contributed by atoms with E-state index < -0.39 is 0 Å². The van der Waals surface area contributed by atoms with E-state index in [0.717, 1.165) is 12.2 Å². The van der Waals surface area contributed by atoms with Crippen LogP contribution in [0.3, 0.4) is 0 Å². The molecule has 0 aromatic heterocycles. The van der Waals surface area contributed by atoms with Crippen LogP contribution in [0.25, 0.3) is 0 Å². The molecular weight excluding hydrogens is 231 g/mol. The fraction of sp³-hybridized carbons (Fsp3) is 0.500. The van der Waals surface area contributed by atoms with Gasteiger partial charge in [-0.25, -0.2) is 0 Å². The highest BCUT2D eigenvalue weighted by molar-refractivity contribution is 6.32.